The normalized spacial score (nSPS) is 11.5. The first kappa shape index (κ1) is 36.8. The van der Waals surface area contributed by atoms with Crippen LogP contribution < -0.4 is 49.2 Å². The highest BCUT2D eigenvalue weighted by atomic mass is 16.3. The molecule has 8 aromatic carbocycles. The molecule has 9 rings (SSSR count). The molecule has 12 heteroatoms. The van der Waals surface area contributed by atoms with Crippen molar-refractivity contribution < 1.29 is 5.11 Å². The van der Waals surface area contributed by atoms with Gasteiger partial charge in [-0.15, -0.1) is 16.4 Å². The van der Waals surface area contributed by atoms with Crippen molar-refractivity contribution in [1.82, 2.24) is 9.55 Å². The second-order valence-corrected chi connectivity index (χ2v) is 16.0. The molecule has 0 fully saturated rings. The molecule has 1 heterocycles. The van der Waals surface area contributed by atoms with Crippen LogP contribution in [-0.4, -0.2) is 85.3 Å². The van der Waals surface area contributed by atoms with E-state index in [1.165, 1.54) is 76.7 Å². The molecule has 0 aliphatic carbocycles. The monoisotopic (exact) mass is 722 g/mol. The number of benzene rings is 8. The van der Waals surface area contributed by atoms with Crippen molar-refractivity contribution in [3.63, 3.8) is 0 Å². The number of para-hydroxylation sites is 2. The zero-order valence-electron chi connectivity index (χ0n) is 34.4. The first-order valence-corrected chi connectivity index (χ1v) is 20.0. The maximum absolute atomic E-state index is 11.2. The van der Waals surface area contributed by atoms with Gasteiger partial charge in [0.2, 0.25) is 0 Å². The molecule has 9 aromatic rings. The third-order valence-corrected chi connectivity index (χ3v) is 13.2. The molecule has 3 nitrogen and oxygen atoms in total. The van der Waals surface area contributed by atoms with Gasteiger partial charge in [0, 0.05) is 11.3 Å². The Morgan fingerprint density at radius 1 is 0.386 bits per heavy atom. The fraction of sp³-hybridized carbons (Fsp3) is 0. The largest absolute Gasteiger partial charge is 0.509 e. The molecule has 1 aromatic heterocycles. The van der Waals surface area contributed by atoms with Gasteiger partial charge in [-0.3, -0.25) is 4.57 Å². The SMILES string of the molecule is Bc1c(B)c(B)c(-c2cccc(-c3c4ccccc4c(-c4ccc(-n5c(-c6c(B)c(B)c(B)c(O)c6B)nc6ccccc65)cc4)c4ccccc34)c2)c(B)c1B. The van der Waals surface area contributed by atoms with E-state index < -0.39 is 0 Å². The molecule has 0 radical (unpaired) electrons. The zero-order valence-corrected chi connectivity index (χ0v) is 34.4. The van der Waals surface area contributed by atoms with E-state index in [1.807, 2.05) is 21.8 Å². The number of rotatable bonds is 5. The molecule has 0 unspecified atom stereocenters. The van der Waals surface area contributed by atoms with Gasteiger partial charge in [-0.25, -0.2) is 4.98 Å². The van der Waals surface area contributed by atoms with Gasteiger partial charge in [-0.1, -0.05) is 118 Å². The van der Waals surface area contributed by atoms with Gasteiger partial charge in [0.05, 0.1) is 11.0 Å². The number of phenols is 1. The van der Waals surface area contributed by atoms with Gasteiger partial charge in [0.15, 0.2) is 0 Å². The van der Waals surface area contributed by atoms with Gasteiger partial charge < -0.3 is 5.11 Å². The van der Waals surface area contributed by atoms with E-state index in [2.05, 4.69) is 175 Å². The van der Waals surface area contributed by atoms with Crippen LogP contribution in [0.4, 0.5) is 0 Å². The summed E-state index contributed by atoms with van der Waals surface area (Å²) in [5, 5.41) is 16.1. The number of hydrogen-bond acceptors (Lipinski definition) is 2. The summed E-state index contributed by atoms with van der Waals surface area (Å²) in [7, 11) is 19.5. The fourth-order valence-electron chi connectivity index (χ4n) is 9.41. The highest BCUT2D eigenvalue weighted by molar-refractivity contribution is 6.69. The molecular weight excluding hydrogens is 682 g/mol. The highest BCUT2D eigenvalue weighted by Gasteiger charge is 2.23. The van der Waals surface area contributed by atoms with Gasteiger partial charge >= 0.3 is 0 Å². The summed E-state index contributed by atoms with van der Waals surface area (Å²) in [6, 6.07) is 44.2. The number of hydrogen-bond donors (Lipinski definition) is 1. The first-order chi connectivity index (χ1) is 27.5. The average molecular weight is 721 g/mol. The Morgan fingerprint density at radius 2 is 0.842 bits per heavy atom. The summed E-state index contributed by atoms with van der Waals surface area (Å²) in [4.78, 5) is 5.19. The summed E-state index contributed by atoms with van der Waals surface area (Å²) >= 11 is 0. The molecule has 0 aliphatic heterocycles. The molecule has 0 atom stereocenters. The fourth-order valence-corrected chi connectivity index (χ4v) is 9.41. The van der Waals surface area contributed by atoms with Crippen molar-refractivity contribution in [2.24, 2.45) is 0 Å². The summed E-state index contributed by atoms with van der Waals surface area (Å²) in [5.41, 5.74) is 22.2. The van der Waals surface area contributed by atoms with Crippen LogP contribution in [0.5, 0.6) is 5.75 Å². The highest BCUT2D eigenvalue weighted by Crippen LogP contribution is 2.44. The predicted molar refractivity (Wildman–Crippen MR) is 273 cm³/mol. The number of nitrogens with zero attached hydrogens (tertiary/aromatic N) is 2. The maximum atomic E-state index is 11.2. The lowest BCUT2D eigenvalue weighted by molar-refractivity contribution is 0.484. The number of aromatic hydroxyl groups is 1. The van der Waals surface area contributed by atoms with E-state index in [-0.39, 0.29) is 0 Å². The maximum Gasteiger partial charge on any atom is 0.145 e. The van der Waals surface area contributed by atoms with Gasteiger partial charge in [0.1, 0.15) is 82.2 Å². The first-order valence-electron chi connectivity index (χ1n) is 20.0. The molecule has 0 saturated carbocycles. The van der Waals surface area contributed by atoms with Crippen LogP contribution >= 0.6 is 0 Å². The minimum atomic E-state index is 0.335. The van der Waals surface area contributed by atoms with Gasteiger partial charge in [-0.2, -0.15) is 0 Å². The second-order valence-electron chi connectivity index (χ2n) is 16.0. The van der Waals surface area contributed by atoms with Crippen LogP contribution in [0, 0.1) is 0 Å². The van der Waals surface area contributed by atoms with Crippen molar-refractivity contribution in [2.45, 2.75) is 0 Å². The van der Waals surface area contributed by atoms with Crippen LogP contribution in [-0.2, 0) is 0 Å². The Labute approximate surface area is 343 Å². The van der Waals surface area contributed by atoms with Crippen LogP contribution in [0.25, 0.3) is 83.0 Å². The van der Waals surface area contributed by atoms with E-state index in [0.29, 0.717) is 5.75 Å². The lowest BCUT2D eigenvalue weighted by Gasteiger charge is -2.22. The van der Waals surface area contributed by atoms with E-state index in [1.54, 1.807) is 0 Å². The van der Waals surface area contributed by atoms with Crippen LogP contribution in [0.15, 0.2) is 121 Å². The Morgan fingerprint density at radius 3 is 1.42 bits per heavy atom. The van der Waals surface area contributed by atoms with Crippen LogP contribution in [0.3, 0.4) is 0 Å². The Bertz CT molecular complexity index is 3030. The smallest absolute Gasteiger partial charge is 0.145 e. The van der Waals surface area contributed by atoms with Crippen molar-refractivity contribution in [3.05, 3.63) is 121 Å². The Hall–Kier alpha value is -5.87. The summed E-state index contributed by atoms with van der Waals surface area (Å²) in [6.45, 7) is 0. The van der Waals surface area contributed by atoms with Gasteiger partial charge in [-0.05, 0) is 90.7 Å². The van der Waals surface area contributed by atoms with Crippen molar-refractivity contribution in [3.8, 4) is 56.2 Å². The molecule has 262 valence electrons. The van der Waals surface area contributed by atoms with Crippen LogP contribution in [0.2, 0.25) is 0 Å². The third-order valence-electron chi connectivity index (χ3n) is 13.2. The lowest BCUT2D eigenvalue weighted by Crippen LogP contribution is -2.55. The molecular formula is C45H39B9N2O. The Kier molecular flexibility index (Phi) is 9.00. The zero-order chi connectivity index (χ0) is 39.9. The lowest BCUT2D eigenvalue weighted by atomic mass is 9.59. The van der Waals surface area contributed by atoms with Crippen molar-refractivity contribution in [2.75, 3.05) is 0 Å². The quantitative estimate of drug-likeness (QED) is 0.146. The topological polar surface area (TPSA) is 38.0 Å². The second kappa shape index (κ2) is 14.0. The summed E-state index contributed by atoms with van der Waals surface area (Å²) in [6.07, 6.45) is 0. The average Bonchev–Trinajstić information content (AvgIpc) is 3.62. The number of phenolic OH excluding ortho intramolecular Hbond substituents is 1. The van der Waals surface area contributed by atoms with Crippen LogP contribution in [0.1, 0.15) is 0 Å². The third kappa shape index (κ3) is 5.67. The molecule has 1 N–H and O–H groups in total. The van der Waals surface area contributed by atoms with E-state index in [0.717, 1.165) is 55.5 Å². The van der Waals surface area contributed by atoms with Gasteiger partial charge in [0.25, 0.3) is 0 Å². The molecule has 0 aliphatic rings. The molecule has 0 bridgehead atoms. The van der Waals surface area contributed by atoms with E-state index in [9.17, 15) is 5.11 Å². The van der Waals surface area contributed by atoms with Crippen molar-refractivity contribution >= 4 is 152 Å². The molecule has 57 heavy (non-hydrogen) atoms. The van der Waals surface area contributed by atoms with E-state index in [4.69, 9.17) is 4.98 Å². The van der Waals surface area contributed by atoms with E-state index >= 15 is 0 Å². The number of aromatic nitrogens is 2. The van der Waals surface area contributed by atoms with Crippen molar-refractivity contribution in [1.29, 1.82) is 0 Å². The molecule has 0 amide bonds. The molecule has 0 saturated heterocycles. The number of fused-ring (bicyclic) bond motifs is 3. The minimum absolute atomic E-state index is 0.335. The predicted octanol–water partition coefficient (Wildman–Crippen LogP) is -3.97. The molecule has 0 spiro atoms. The Balaban J connectivity index is 1.23. The minimum Gasteiger partial charge on any atom is -0.509 e. The summed E-state index contributed by atoms with van der Waals surface area (Å²) < 4.78 is 2.25. The summed E-state index contributed by atoms with van der Waals surface area (Å²) in [5.74, 6) is 1.17. The standard InChI is InChI=1S/C45H39B9N2O/c46-35-33(36(47)40(51)42(53)39(35)50)23-9-7-8-22(20-23)32-27-12-3-1-10-25(27)31(26-11-2-4-13-28(26)32)21-16-18-24(19-17-21)56-30-15-6-5-14-29(30)55-45(56)34-37(48)41(52)43(54)44(57)38(34)49/h1-20,57H,46-54H2. The number of imidazole rings is 1.